The maximum Gasteiger partial charge on any atom is 0.252 e. The topological polar surface area (TPSA) is 75.3 Å². The SMILES string of the molecule is O=Cc1ccc(CNC(=O)c2ccc(/C=C(/C(=O)NC3CC3)c3cccc(F)c3)cc2)cc1. The third-order valence-corrected chi connectivity index (χ3v) is 5.35. The van der Waals surface area contributed by atoms with Gasteiger partial charge in [0.05, 0.1) is 0 Å². The zero-order chi connectivity index (χ0) is 23.2. The summed E-state index contributed by atoms with van der Waals surface area (Å²) in [5.74, 6) is -0.891. The third kappa shape index (κ3) is 6.01. The van der Waals surface area contributed by atoms with E-state index >= 15 is 0 Å². The van der Waals surface area contributed by atoms with E-state index in [4.69, 9.17) is 0 Å². The number of amides is 2. The highest BCUT2D eigenvalue weighted by atomic mass is 19.1. The molecule has 0 aliphatic heterocycles. The lowest BCUT2D eigenvalue weighted by Crippen LogP contribution is -2.26. The minimum absolute atomic E-state index is 0.176. The van der Waals surface area contributed by atoms with E-state index in [9.17, 15) is 18.8 Å². The number of nitrogens with one attached hydrogen (secondary N) is 2. The number of carbonyl (C=O) groups is 3. The van der Waals surface area contributed by atoms with Crippen molar-refractivity contribution >= 4 is 29.7 Å². The summed E-state index contributed by atoms with van der Waals surface area (Å²) in [5, 5.41) is 5.79. The maximum atomic E-state index is 13.8. The molecule has 3 aromatic carbocycles. The first-order chi connectivity index (χ1) is 16.0. The quantitative estimate of drug-likeness (QED) is 0.309. The Morgan fingerprint density at radius 2 is 1.61 bits per heavy atom. The lowest BCUT2D eigenvalue weighted by molar-refractivity contribution is -0.115. The van der Waals surface area contributed by atoms with Gasteiger partial charge in [0.2, 0.25) is 0 Å². The molecule has 3 aromatic rings. The van der Waals surface area contributed by atoms with Gasteiger partial charge in [0, 0.05) is 29.3 Å². The van der Waals surface area contributed by atoms with Crippen LogP contribution in [0.15, 0.2) is 72.8 Å². The average molecular weight is 442 g/mol. The van der Waals surface area contributed by atoms with Gasteiger partial charge in [-0.25, -0.2) is 4.39 Å². The molecule has 0 atom stereocenters. The van der Waals surface area contributed by atoms with Crippen LogP contribution in [0.1, 0.15) is 50.2 Å². The van der Waals surface area contributed by atoms with Crippen LogP contribution in [-0.4, -0.2) is 24.1 Å². The highest BCUT2D eigenvalue weighted by Gasteiger charge is 2.25. The van der Waals surface area contributed by atoms with E-state index in [1.165, 1.54) is 12.1 Å². The summed E-state index contributed by atoms with van der Waals surface area (Å²) in [7, 11) is 0. The van der Waals surface area contributed by atoms with Crippen LogP contribution < -0.4 is 10.6 Å². The number of hydrogen-bond donors (Lipinski definition) is 2. The van der Waals surface area contributed by atoms with Crippen LogP contribution in [0.4, 0.5) is 4.39 Å². The molecule has 2 N–H and O–H groups in total. The molecule has 1 aliphatic carbocycles. The van der Waals surface area contributed by atoms with Crippen molar-refractivity contribution in [1.82, 2.24) is 10.6 Å². The van der Waals surface area contributed by atoms with Gasteiger partial charge in [-0.15, -0.1) is 0 Å². The van der Waals surface area contributed by atoms with E-state index in [1.54, 1.807) is 66.7 Å². The number of rotatable bonds is 8. The van der Waals surface area contributed by atoms with Crippen LogP contribution in [-0.2, 0) is 11.3 Å². The fourth-order valence-electron chi connectivity index (χ4n) is 3.32. The lowest BCUT2D eigenvalue weighted by Gasteiger charge is -2.10. The molecule has 0 saturated heterocycles. The minimum Gasteiger partial charge on any atom is -0.349 e. The average Bonchev–Trinajstić information content (AvgIpc) is 3.65. The Balaban J connectivity index is 1.47. The molecule has 0 spiro atoms. The van der Waals surface area contributed by atoms with Crippen molar-refractivity contribution in [3.05, 3.63) is 106 Å². The molecule has 2 amide bonds. The first-order valence-corrected chi connectivity index (χ1v) is 10.7. The summed E-state index contributed by atoms with van der Waals surface area (Å²) in [6.07, 6.45) is 4.37. The third-order valence-electron chi connectivity index (χ3n) is 5.35. The van der Waals surface area contributed by atoms with Crippen molar-refractivity contribution in [1.29, 1.82) is 0 Å². The van der Waals surface area contributed by atoms with Crippen LogP contribution in [0.5, 0.6) is 0 Å². The van der Waals surface area contributed by atoms with Crippen molar-refractivity contribution in [3.63, 3.8) is 0 Å². The van der Waals surface area contributed by atoms with Crippen molar-refractivity contribution in [2.24, 2.45) is 0 Å². The molecule has 0 heterocycles. The Kier molecular flexibility index (Phi) is 6.74. The summed E-state index contributed by atoms with van der Waals surface area (Å²) in [4.78, 5) is 36.0. The molecule has 1 saturated carbocycles. The number of carbonyl (C=O) groups excluding carboxylic acids is 3. The molecule has 5 nitrogen and oxygen atoms in total. The van der Waals surface area contributed by atoms with Gasteiger partial charge < -0.3 is 10.6 Å². The van der Waals surface area contributed by atoms with Crippen molar-refractivity contribution in [2.45, 2.75) is 25.4 Å². The zero-order valence-electron chi connectivity index (χ0n) is 17.9. The van der Waals surface area contributed by atoms with Gasteiger partial charge in [0.25, 0.3) is 11.8 Å². The Morgan fingerprint density at radius 1 is 0.909 bits per heavy atom. The summed E-state index contributed by atoms with van der Waals surface area (Å²) in [6.45, 7) is 0.338. The van der Waals surface area contributed by atoms with Crippen molar-refractivity contribution in [3.8, 4) is 0 Å². The fourth-order valence-corrected chi connectivity index (χ4v) is 3.32. The van der Waals surface area contributed by atoms with Crippen LogP contribution >= 0.6 is 0 Å². The van der Waals surface area contributed by atoms with Gasteiger partial charge in [-0.3, -0.25) is 14.4 Å². The molecule has 0 unspecified atom stereocenters. The molecule has 6 heteroatoms. The van der Waals surface area contributed by atoms with Crippen molar-refractivity contribution < 1.29 is 18.8 Å². The Morgan fingerprint density at radius 3 is 2.24 bits per heavy atom. The molecule has 166 valence electrons. The largest absolute Gasteiger partial charge is 0.349 e. The van der Waals surface area contributed by atoms with E-state index in [2.05, 4.69) is 10.6 Å². The number of benzene rings is 3. The molecule has 1 fully saturated rings. The Hall–Kier alpha value is -4.06. The number of aldehydes is 1. The molecule has 1 aliphatic rings. The maximum absolute atomic E-state index is 13.8. The molecule has 0 aromatic heterocycles. The van der Waals surface area contributed by atoms with E-state index in [0.717, 1.165) is 30.3 Å². The van der Waals surface area contributed by atoms with Crippen molar-refractivity contribution in [2.75, 3.05) is 0 Å². The monoisotopic (exact) mass is 442 g/mol. The zero-order valence-corrected chi connectivity index (χ0v) is 17.9. The van der Waals surface area contributed by atoms with E-state index < -0.39 is 5.82 Å². The smallest absolute Gasteiger partial charge is 0.252 e. The van der Waals surface area contributed by atoms with E-state index in [1.807, 2.05) is 0 Å². The molecule has 0 radical (unpaired) electrons. The standard InChI is InChI=1S/C27H23FN2O3/c28-23-3-1-2-22(15-23)25(27(33)30-24-12-13-24)14-18-8-10-21(11-9-18)26(32)29-16-19-4-6-20(17-31)7-5-19/h1-11,14-15,17,24H,12-13,16H2,(H,29,32)(H,30,33)/b25-14+. The highest BCUT2D eigenvalue weighted by Crippen LogP contribution is 2.24. The number of halogens is 1. The lowest BCUT2D eigenvalue weighted by atomic mass is 10.0. The first-order valence-electron chi connectivity index (χ1n) is 10.7. The summed E-state index contributed by atoms with van der Waals surface area (Å²) < 4.78 is 13.8. The predicted molar refractivity (Wildman–Crippen MR) is 125 cm³/mol. The predicted octanol–water partition coefficient (Wildman–Crippen LogP) is 4.39. The molecular formula is C27H23FN2O3. The van der Waals surface area contributed by atoms with Crippen LogP contribution in [0, 0.1) is 5.82 Å². The second-order valence-corrected chi connectivity index (χ2v) is 7.98. The van der Waals surface area contributed by atoms with Gasteiger partial charge >= 0.3 is 0 Å². The Bertz CT molecular complexity index is 1200. The van der Waals surface area contributed by atoms with Gasteiger partial charge in [0.15, 0.2) is 0 Å². The first kappa shape index (κ1) is 22.1. The Labute approximate surface area is 191 Å². The molecular weight excluding hydrogens is 419 g/mol. The van der Waals surface area contributed by atoms with Crippen LogP contribution in [0.3, 0.4) is 0 Å². The van der Waals surface area contributed by atoms with E-state index in [0.29, 0.717) is 28.8 Å². The number of hydrogen-bond acceptors (Lipinski definition) is 3. The van der Waals surface area contributed by atoms with E-state index in [-0.39, 0.29) is 17.9 Å². The molecule has 33 heavy (non-hydrogen) atoms. The summed E-state index contributed by atoms with van der Waals surface area (Å²) in [5.41, 5.74) is 3.53. The molecule has 0 bridgehead atoms. The van der Waals surface area contributed by atoms with Gasteiger partial charge in [-0.2, -0.15) is 0 Å². The molecule has 4 rings (SSSR count). The second-order valence-electron chi connectivity index (χ2n) is 7.98. The summed E-state index contributed by atoms with van der Waals surface area (Å²) >= 11 is 0. The van der Waals surface area contributed by atoms with Crippen LogP contribution in [0.2, 0.25) is 0 Å². The van der Waals surface area contributed by atoms with Gasteiger partial charge in [0.1, 0.15) is 12.1 Å². The second kappa shape index (κ2) is 10.0. The summed E-state index contributed by atoms with van der Waals surface area (Å²) in [6, 6.07) is 20.0. The normalized spacial score (nSPS) is 13.3. The van der Waals surface area contributed by atoms with Crippen LogP contribution in [0.25, 0.3) is 11.6 Å². The van der Waals surface area contributed by atoms with Gasteiger partial charge in [-0.1, -0.05) is 48.5 Å². The van der Waals surface area contributed by atoms with Gasteiger partial charge in [-0.05, 0) is 59.9 Å². The fraction of sp³-hybridized carbons (Fsp3) is 0.148. The minimum atomic E-state index is -0.412. The highest BCUT2D eigenvalue weighted by molar-refractivity contribution is 6.24.